The molecule has 110 valence electrons. The Hall–Kier alpha value is -1.10. The van der Waals surface area contributed by atoms with Gasteiger partial charge in [-0.05, 0) is 31.1 Å². The minimum absolute atomic E-state index is 0.0608. The molecule has 3 unspecified atom stereocenters. The van der Waals surface area contributed by atoms with Crippen molar-refractivity contribution in [1.29, 1.82) is 0 Å². The number of aliphatic carboxylic acids is 1. The number of amides is 1. The molecule has 0 aromatic rings. The zero-order chi connectivity index (χ0) is 14.3. The minimum atomic E-state index is -0.917. The summed E-state index contributed by atoms with van der Waals surface area (Å²) in [6, 6.07) is -0.707. The molecule has 1 rings (SSSR count). The second-order valence-electron chi connectivity index (χ2n) is 5.76. The van der Waals surface area contributed by atoms with Gasteiger partial charge in [0, 0.05) is 13.0 Å². The number of nitrogens with one attached hydrogen (secondary N) is 1. The highest BCUT2D eigenvalue weighted by Gasteiger charge is 2.19. The number of carboxylic acid groups (broad SMARTS) is 1. The summed E-state index contributed by atoms with van der Waals surface area (Å²) in [6.07, 6.45) is 6.26. The zero-order valence-corrected chi connectivity index (χ0v) is 11.7. The molecule has 0 aromatic heterocycles. The number of rotatable bonds is 7. The number of hydrogen-bond donors (Lipinski definition) is 3. The van der Waals surface area contributed by atoms with Gasteiger partial charge in [0.25, 0.3) is 0 Å². The van der Waals surface area contributed by atoms with Gasteiger partial charge in [0.1, 0.15) is 0 Å². The Morgan fingerprint density at radius 2 is 2.16 bits per heavy atom. The molecule has 3 atom stereocenters. The maximum Gasteiger partial charge on any atom is 0.303 e. The van der Waals surface area contributed by atoms with Gasteiger partial charge in [0.2, 0.25) is 5.91 Å². The third-order valence-electron chi connectivity index (χ3n) is 3.90. The lowest BCUT2D eigenvalue weighted by Gasteiger charge is -2.26. The number of carboxylic acids is 1. The quantitative estimate of drug-likeness (QED) is 0.654. The summed E-state index contributed by atoms with van der Waals surface area (Å²) < 4.78 is 0. The van der Waals surface area contributed by atoms with E-state index in [1.165, 1.54) is 25.7 Å². The minimum Gasteiger partial charge on any atom is -0.481 e. The molecule has 0 spiro atoms. The van der Waals surface area contributed by atoms with Gasteiger partial charge in [-0.25, -0.2) is 0 Å². The molecule has 1 aliphatic rings. The standard InChI is InChI=1S/C14H26N2O3/c1-10-3-2-4-11(9-10)7-8-16-14(19)12(15)5-6-13(17)18/h10-12H,2-9,15H2,1H3,(H,16,19)(H,17,18). The summed E-state index contributed by atoms with van der Waals surface area (Å²) in [5.41, 5.74) is 5.63. The van der Waals surface area contributed by atoms with Crippen LogP contribution in [0.5, 0.6) is 0 Å². The molecule has 1 saturated carbocycles. The van der Waals surface area contributed by atoms with E-state index in [1.54, 1.807) is 0 Å². The summed E-state index contributed by atoms with van der Waals surface area (Å²) in [7, 11) is 0. The number of carbonyl (C=O) groups excluding carboxylic acids is 1. The highest BCUT2D eigenvalue weighted by Crippen LogP contribution is 2.30. The van der Waals surface area contributed by atoms with E-state index in [9.17, 15) is 9.59 Å². The summed E-state index contributed by atoms with van der Waals surface area (Å²) in [5, 5.41) is 11.3. The largest absolute Gasteiger partial charge is 0.481 e. The summed E-state index contributed by atoms with van der Waals surface area (Å²) >= 11 is 0. The molecule has 0 aromatic carbocycles. The van der Waals surface area contributed by atoms with E-state index in [4.69, 9.17) is 10.8 Å². The Morgan fingerprint density at radius 1 is 1.42 bits per heavy atom. The first kappa shape index (κ1) is 16.0. The third kappa shape index (κ3) is 6.57. The molecule has 4 N–H and O–H groups in total. The molecule has 1 fully saturated rings. The molecule has 0 heterocycles. The van der Waals surface area contributed by atoms with Crippen molar-refractivity contribution in [1.82, 2.24) is 5.32 Å². The second kappa shape index (κ2) is 8.15. The monoisotopic (exact) mass is 270 g/mol. The van der Waals surface area contributed by atoms with E-state index in [-0.39, 0.29) is 18.7 Å². The molecule has 19 heavy (non-hydrogen) atoms. The maximum absolute atomic E-state index is 11.6. The lowest BCUT2D eigenvalue weighted by atomic mass is 9.81. The number of hydrogen-bond acceptors (Lipinski definition) is 3. The first-order chi connectivity index (χ1) is 8.99. The molecule has 0 radical (unpaired) electrons. The van der Waals surface area contributed by atoms with Crippen molar-refractivity contribution in [2.24, 2.45) is 17.6 Å². The van der Waals surface area contributed by atoms with Crippen molar-refractivity contribution in [2.45, 2.75) is 57.9 Å². The molecule has 1 aliphatic carbocycles. The van der Waals surface area contributed by atoms with E-state index in [2.05, 4.69) is 12.2 Å². The molecule has 0 saturated heterocycles. The fraction of sp³-hybridized carbons (Fsp3) is 0.857. The number of carbonyl (C=O) groups is 2. The SMILES string of the molecule is CC1CCCC(CCNC(=O)C(N)CCC(=O)O)C1. The highest BCUT2D eigenvalue weighted by atomic mass is 16.4. The second-order valence-corrected chi connectivity index (χ2v) is 5.76. The van der Waals surface area contributed by atoms with Crippen LogP contribution in [0, 0.1) is 11.8 Å². The third-order valence-corrected chi connectivity index (χ3v) is 3.90. The average molecular weight is 270 g/mol. The molecule has 5 nitrogen and oxygen atoms in total. The van der Waals surface area contributed by atoms with Gasteiger partial charge in [-0.1, -0.05) is 26.2 Å². The fourth-order valence-corrected chi connectivity index (χ4v) is 2.76. The van der Waals surface area contributed by atoms with Gasteiger partial charge in [0.05, 0.1) is 6.04 Å². The van der Waals surface area contributed by atoms with Gasteiger partial charge in [0.15, 0.2) is 0 Å². The van der Waals surface area contributed by atoms with Crippen LogP contribution in [0.2, 0.25) is 0 Å². The van der Waals surface area contributed by atoms with Crippen molar-refractivity contribution >= 4 is 11.9 Å². The van der Waals surface area contributed by atoms with Crippen LogP contribution in [0.3, 0.4) is 0 Å². The predicted octanol–water partition coefficient (Wildman–Crippen LogP) is 1.51. The Balaban J connectivity index is 2.13. The molecule has 0 aliphatic heterocycles. The summed E-state index contributed by atoms with van der Waals surface area (Å²) in [4.78, 5) is 22.0. The van der Waals surface area contributed by atoms with Crippen LogP contribution in [0.4, 0.5) is 0 Å². The highest BCUT2D eigenvalue weighted by molar-refractivity contribution is 5.82. The van der Waals surface area contributed by atoms with Crippen LogP contribution in [-0.2, 0) is 9.59 Å². The molecule has 5 heteroatoms. The Kier molecular flexibility index (Phi) is 6.84. The lowest BCUT2D eigenvalue weighted by molar-refractivity contribution is -0.137. The molecule has 1 amide bonds. The maximum atomic E-state index is 11.6. The van der Waals surface area contributed by atoms with E-state index >= 15 is 0 Å². The Bertz CT molecular complexity index is 307. The normalized spacial score (nSPS) is 24.7. The van der Waals surface area contributed by atoms with Crippen LogP contribution in [0.25, 0.3) is 0 Å². The van der Waals surface area contributed by atoms with Gasteiger partial charge in [-0.3, -0.25) is 9.59 Å². The van der Waals surface area contributed by atoms with E-state index in [0.29, 0.717) is 12.5 Å². The summed E-state index contributed by atoms with van der Waals surface area (Å²) in [5.74, 6) is 0.358. The summed E-state index contributed by atoms with van der Waals surface area (Å²) in [6.45, 7) is 2.93. The first-order valence-corrected chi connectivity index (χ1v) is 7.24. The predicted molar refractivity (Wildman–Crippen MR) is 73.6 cm³/mol. The lowest BCUT2D eigenvalue weighted by Crippen LogP contribution is -2.41. The topological polar surface area (TPSA) is 92.4 Å². The van der Waals surface area contributed by atoms with Crippen LogP contribution < -0.4 is 11.1 Å². The van der Waals surface area contributed by atoms with E-state index in [0.717, 1.165) is 12.3 Å². The van der Waals surface area contributed by atoms with Crippen molar-refractivity contribution < 1.29 is 14.7 Å². The van der Waals surface area contributed by atoms with Crippen molar-refractivity contribution in [3.63, 3.8) is 0 Å². The van der Waals surface area contributed by atoms with E-state index < -0.39 is 12.0 Å². The smallest absolute Gasteiger partial charge is 0.303 e. The van der Waals surface area contributed by atoms with Gasteiger partial charge in [-0.15, -0.1) is 0 Å². The van der Waals surface area contributed by atoms with Crippen LogP contribution in [0.15, 0.2) is 0 Å². The fourth-order valence-electron chi connectivity index (χ4n) is 2.76. The van der Waals surface area contributed by atoms with E-state index in [1.807, 2.05) is 0 Å². The molecule has 0 bridgehead atoms. The van der Waals surface area contributed by atoms with Crippen molar-refractivity contribution in [3.05, 3.63) is 0 Å². The van der Waals surface area contributed by atoms with Crippen LogP contribution in [0.1, 0.15) is 51.9 Å². The molecular weight excluding hydrogens is 244 g/mol. The number of nitrogens with two attached hydrogens (primary N) is 1. The van der Waals surface area contributed by atoms with Crippen LogP contribution in [-0.4, -0.2) is 29.6 Å². The zero-order valence-electron chi connectivity index (χ0n) is 11.7. The van der Waals surface area contributed by atoms with Crippen molar-refractivity contribution in [3.8, 4) is 0 Å². The van der Waals surface area contributed by atoms with Crippen molar-refractivity contribution in [2.75, 3.05) is 6.54 Å². The first-order valence-electron chi connectivity index (χ1n) is 7.24. The van der Waals surface area contributed by atoms with Gasteiger partial charge >= 0.3 is 5.97 Å². The average Bonchev–Trinajstić information content (AvgIpc) is 2.35. The van der Waals surface area contributed by atoms with Gasteiger partial charge in [-0.2, -0.15) is 0 Å². The van der Waals surface area contributed by atoms with Gasteiger partial charge < -0.3 is 16.2 Å². The Labute approximate surface area is 114 Å². The van der Waals surface area contributed by atoms with Crippen LogP contribution >= 0.6 is 0 Å². The molecular formula is C14H26N2O3. The Morgan fingerprint density at radius 3 is 2.79 bits per heavy atom.